The van der Waals surface area contributed by atoms with Gasteiger partial charge in [0.25, 0.3) is 5.91 Å². The van der Waals surface area contributed by atoms with E-state index < -0.39 is 0 Å². The fourth-order valence-electron chi connectivity index (χ4n) is 3.24. The molecule has 0 spiro atoms. The molecule has 1 amide bonds. The van der Waals surface area contributed by atoms with Gasteiger partial charge in [-0.15, -0.1) is 0 Å². The van der Waals surface area contributed by atoms with Crippen molar-refractivity contribution < 1.29 is 19.1 Å². The van der Waals surface area contributed by atoms with Crippen LogP contribution in [0.1, 0.15) is 35.2 Å². The zero-order valence-corrected chi connectivity index (χ0v) is 16.3. The molecule has 152 valence electrons. The molecular formula is C21H24N4O4. The van der Waals surface area contributed by atoms with Gasteiger partial charge in [0.05, 0.1) is 19.6 Å². The number of amides is 1. The number of nitrogens with one attached hydrogen (secondary N) is 3. The summed E-state index contributed by atoms with van der Waals surface area (Å²) >= 11 is 0. The molecule has 5 N–H and O–H groups in total. The number of esters is 1. The van der Waals surface area contributed by atoms with Crippen LogP contribution >= 0.6 is 0 Å². The molecule has 8 nitrogen and oxygen atoms in total. The Bertz CT molecular complexity index is 944. The molecule has 1 saturated carbocycles. The van der Waals surface area contributed by atoms with Crippen LogP contribution in [0.15, 0.2) is 42.5 Å². The smallest absolute Gasteiger partial charge is 0.309 e. The Morgan fingerprint density at radius 1 is 1.17 bits per heavy atom. The van der Waals surface area contributed by atoms with Crippen molar-refractivity contribution in [3.05, 3.63) is 53.6 Å². The predicted molar refractivity (Wildman–Crippen MR) is 110 cm³/mol. The molecule has 0 radical (unpaired) electrons. The van der Waals surface area contributed by atoms with Crippen LogP contribution in [0.4, 0.5) is 11.4 Å². The van der Waals surface area contributed by atoms with E-state index in [4.69, 9.17) is 20.6 Å². The van der Waals surface area contributed by atoms with Crippen LogP contribution in [0.3, 0.4) is 0 Å². The molecule has 0 heterocycles. The molecule has 2 aromatic carbocycles. The van der Waals surface area contributed by atoms with E-state index in [1.54, 1.807) is 50.4 Å². The summed E-state index contributed by atoms with van der Waals surface area (Å²) in [6.45, 7) is 2.16. The number of guanidine groups is 1. The van der Waals surface area contributed by atoms with Crippen molar-refractivity contribution in [2.45, 2.75) is 19.3 Å². The van der Waals surface area contributed by atoms with Gasteiger partial charge in [0.15, 0.2) is 5.96 Å². The Hall–Kier alpha value is -3.55. The maximum Gasteiger partial charge on any atom is 0.309 e. The molecule has 29 heavy (non-hydrogen) atoms. The topological polar surface area (TPSA) is 127 Å². The van der Waals surface area contributed by atoms with Gasteiger partial charge in [0, 0.05) is 28.9 Å². The van der Waals surface area contributed by atoms with E-state index in [1.807, 2.05) is 6.07 Å². The summed E-state index contributed by atoms with van der Waals surface area (Å²) in [5.41, 5.74) is 7.80. The summed E-state index contributed by atoms with van der Waals surface area (Å²) in [4.78, 5) is 24.5. The summed E-state index contributed by atoms with van der Waals surface area (Å²) in [5, 5.41) is 12.8. The third-order valence-corrected chi connectivity index (χ3v) is 4.67. The molecular weight excluding hydrogens is 372 g/mol. The molecule has 1 aliphatic carbocycles. The van der Waals surface area contributed by atoms with E-state index in [0.717, 1.165) is 12.0 Å². The van der Waals surface area contributed by atoms with E-state index in [9.17, 15) is 9.59 Å². The largest absolute Gasteiger partial charge is 0.496 e. The first kappa shape index (κ1) is 20.2. The van der Waals surface area contributed by atoms with Crippen molar-refractivity contribution in [3.8, 4) is 5.75 Å². The molecule has 0 aliphatic heterocycles. The van der Waals surface area contributed by atoms with Crippen molar-refractivity contribution in [2.24, 2.45) is 11.7 Å². The van der Waals surface area contributed by atoms with E-state index in [1.165, 1.54) is 0 Å². The highest BCUT2D eigenvalue weighted by Gasteiger charge is 2.46. The molecule has 1 fully saturated rings. The average Bonchev–Trinajstić information content (AvgIpc) is 3.48. The van der Waals surface area contributed by atoms with Crippen LogP contribution in [0, 0.1) is 11.3 Å². The predicted octanol–water partition coefficient (Wildman–Crippen LogP) is 2.92. The fourth-order valence-corrected chi connectivity index (χ4v) is 3.24. The summed E-state index contributed by atoms with van der Waals surface area (Å²) in [5.74, 6) is -0.140. The number of ether oxygens (including phenoxy) is 2. The zero-order chi connectivity index (χ0) is 21.0. The van der Waals surface area contributed by atoms with E-state index in [2.05, 4.69) is 10.6 Å². The molecule has 8 heteroatoms. The van der Waals surface area contributed by atoms with Crippen molar-refractivity contribution in [1.29, 1.82) is 5.41 Å². The maximum atomic E-state index is 12.6. The first-order chi connectivity index (χ1) is 13.9. The van der Waals surface area contributed by atoms with Crippen molar-refractivity contribution >= 4 is 29.2 Å². The minimum Gasteiger partial charge on any atom is -0.496 e. The Morgan fingerprint density at radius 2 is 1.93 bits per heavy atom. The number of hydrogen-bond donors (Lipinski definition) is 4. The standard InChI is InChI=1S/C21H24N4O4/c1-3-29-20(27)17-11-16(17)15-8-7-14(10-18(15)28-2)24-19(26)12-5-4-6-13(9-12)25-21(22)23/h4-10,16-17H,3,11H2,1-2H3,(H,24,26)(H4,22,23,25). The SMILES string of the molecule is CCOC(=O)C1CC1c1ccc(NC(=O)c2cccc(NC(=N)N)c2)cc1OC. The molecule has 0 bridgehead atoms. The number of rotatable bonds is 7. The van der Waals surface area contributed by atoms with Crippen LogP contribution in [0.2, 0.25) is 0 Å². The minimum atomic E-state index is -0.303. The highest BCUT2D eigenvalue weighted by atomic mass is 16.5. The molecule has 1 aliphatic rings. The van der Waals surface area contributed by atoms with Gasteiger partial charge in [-0.25, -0.2) is 0 Å². The third kappa shape index (κ3) is 4.84. The summed E-state index contributed by atoms with van der Waals surface area (Å²) in [6.07, 6.45) is 0.733. The number of carbonyl (C=O) groups is 2. The average molecular weight is 396 g/mol. The number of benzene rings is 2. The van der Waals surface area contributed by atoms with Gasteiger partial charge in [-0.3, -0.25) is 15.0 Å². The molecule has 3 rings (SSSR count). The summed E-state index contributed by atoms with van der Waals surface area (Å²) in [7, 11) is 1.56. The zero-order valence-electron chi connectivity index (χ0n) is 16.3. The minimum absolute atomic E-state index is 0.0723. The van der Waals surface area contributed by atoms with Crippen LogP contribution in [-0.2, 0) is 9.53 Å². The molecule has 2 unspecified atom stereocenters. The Labute approximate surface area is 168 Å². The normalized spacial score (nSPS) is 17.2. The highest BCUT2D eigenvalue weighted by Crippen LogP contribution is 2.51. The van der Waals surface area contributed by atoms with Gasteiger partial charge in [-0.2, -0.15) is 0 Å². The van der Waals surface area contributed by atoms with Gasteiger partial charge < -0.3 is 25.8 Å². The second-order valence-corrected chi connectivity index (χ2v) is 6.73. The highest BCUT2D eigenvalue weighted by molar-refractivity contribution is 6.05. The van der Waals surface area contributed by atoms with E-state index in [0.29, 0.717) is 29.3 Å². The number of carbonyl (C=O) groups excluding carboxylic acids is 2. The quantitative estimate of drug-likeness (QED) is 0.324. The van der Waals surface area contributed by atoms with Crippen LogP contribution in [0.5, 0.6) is 5.75 Å². The van der Waals surface area contributed by atoms with Gasteiger partial charge in [-0.05, 0) is 43.2 Å². The maximum absolute atomic E-state index is 12.6. The monoisotopic (exact) mass is 396 g/mol. The van der Waals surface area contributed by atoms with Gasteiger partial charge in [0.2, 0.25) is 0 Å². The first-order valence-electron chi connectivity index (χ1n) is 9.30. The second kappa shape index (κ2) is 8.64. The number of nitrogens with two attached hydrogens (primary N) is 1. The number of hydrogen-bond acceptors (Lipinski definition) is 5. The van der Waals surface area contributed by atoms with Gasteiger partial charge >= 0.3 is 5.97 Å². The molecule has 0 aromatic heterocycles. The van der Waals surface area contributed by atoms with Crippen LogP contribution in [-0.4, -0.2) is 31.6 Å². The van der Waals surface area contributed by atoms with Crippen molar-refractivity contribution in [2.75, 3.05) is 24.4 Å². The lowest BCUT2D eigenvalue weighted by Crippen LogP contribution is -2.20. The van der Waals surface area contributed by atoms with Crippen molar-refractivity contribution in [3.63, 3.8) is 0 Å². The first-order valence-corrected chi connectivity index (χ1v) is 9.30. The molecule has 2 atom stereocenters. The van der Waals surface area contributed by atoms with Crippen LogP contribution in [0.25, 0.3) is 0 Å². The van der Waals surface area contributed by atoms with E-state index >= 15 is 0 Å². The fraction of sp³-hybridized carbons (Fsp3) is 0.286. The lowest BCUT2D eigenvalue weighted by molar-refractivity contribution is -0.144. The van der Waals surface area contributed by atoms with Crippen molar-refractivity contribution in [1.82, 2.24) is 0 Å². The Balaban J connectivity index is 1.71. The van der Waals surface area contributed by atoms with Gasteiger partial charge in [-0.1, -0.05) is 12.1 Å². The van der Waals surface area contributed by atoms with Gasteiger partial charge in [0.1, 0.15) is 5.75 Å². The molecule has 2 aromatic rings. The molecule has 0 saturated heterocycles. The summed E-state index contributed by atoms with van der Waals surface area (Å²) in [6, 6.07) is 12.1. The number of anilines is 2. The van der Waals surface area contributed by atoms with Crippen LogP contribution < -0.4 is 21.1 Å². The Kier molecular flexibility index (Phi) is 6.01. The number of methoxy groups -OCH3 is 1. The van der Waals surface area contributed by atoms with E-state index in [-0.39, 0.29) is 29.7 Å². The lowest BCUT2D eigenvalue weighted by atomic mass is 10.1. The lowest BCUT2D eigenvalue weighted by Gasteiger charge is -2.12. The second-order valence-electron chi connectivity index (χ2n) is 6.73. The Morgan fingerprint density at radius 3 is 2.62 bits per heavy atom. The summed E-state index contributed by atoms with van der Waals surface area (Å²) < 4.78 is 10.6. The third-order valence-electron chi connectivity index (χ3n) is 4.67.